The lowest BCUT2D eigenvalue weighted by Gasteiger charge is -2.05. The largest absolute Gasteiger partial charge is 0.206 e. The highest BCUT2D eigenvalue weighted by Gasteiger charge is 2.07. The Labute approximate surface area is 106 Å². The molecular formula is C12H7ClFI. The normalized spacial score (nSPS) is 10.3. The number of halogens is 3. The van der Waals surface area contributed by atoms with Gasteiger partial charge >= 0.3 is 0 Å². The van der Waals surface area contributed by atoms with Crippen molar-refractivity contribution in [1.29, 1.82) is 0 Å². The maximum absolute atomic E-state index is 13.6. The van der Waals surface area contributed by atoms with E-state index in [-0.39, 0.29) is 5.82 Å². The van der Waals surface area contributed by atoms with Gasteiger partial charge < -0.3 is 0 Å². The summed E-state index contributed by atoms with van der Waals surface area (Å²) in [5, 5.41) is 0.419. The van der Waals surface area contributed by atoms with E-state index < -0.39 is 0 Å². The quantitative estimate of drug-likeness (QED) is 0.661. The van der Waals surface area contributed by atoms with Crippen LogP contribution in [0, 0.1) is 9.39 Å². The van der Waals surface area contributed by atoms with Crippen LogP contribution in [0.2, 0.25) is 5.02 Å². The van der Waals surface area contributed by atoms with Crippen LogP contribution < -0.4 is 0 Å². The molecule has 2 aromatic carbocycles. The van der Waals surface area contributed by atoms with Crippen LogP contribution in [0.1, 0.15) is 0 Å². The molecule has 3 heteroatoms. The van der Waals surface area contributed by atoms with Crippen molar-refractivity contribution < 1.29 is 4.39 Å². The summed E-state index contributed by atoms with van der Waals surface area (Å²) in [7, 11) is 0. The summed E-state index contributed by atoms with van der Waals surface area (Å²) in [6.07, 6.45) is 0. The zero-order chi connectivity index (χ0) is 10.8. The molecule has 0 N–H and O–H groups in total. The van der Waals surface area contributed by atoms with E-state index in [9.17, 15) is 4.39 Å². The Morgan fingerprint density at radius 1 is 1.00 bits per heavy atom. The van der Waals surface area contributed by atoms with Crippen molar-refractivity contribution in [1.82, 2.24) is 0 Å². The van der Waals surface area contributed by atoms with Gasteiger partial charge in [-0.3, -0.25) is 0 Å². The lowest BCUT2D eigenvalue weighted by molar-refractivity contribution is 0.631. The minimum atomic E-state index is -0.286. The summed E-state index contributed by atoms with van der Waals surface area (Å²) in [6.45, 7) is 0. The number of rotatable bonds is 1. The topological polar surface area (TPSA) is 0 Å². The van der Waals surface area contributed by atoms with Crippen LogP contribution in [0.4, 0.5) is 4.39 Å². The first kappa shape index (κ1) is 10.9. The molecule has 0 spiro atoms. The van der Waals surface area contributed by atoms with Gasteiger partial charge in [-0.15, -0.1) is 0 Å². The summed E-state index contributed by atoms with van der Waals surface area (Å²) < 4.78 is 14.7. The van der Waals surface area contributed by atoms with E-state index in [1.54, 1.807) is 12.1 Å². The highest BCUT2D eigenvalue weighted by molar-refractivity contribution is 14.1. The minimum absolute atomic E-state index is 0.286. The maximum Gasteiger partial charge on any atom is 0.132 e. The lowest BCUT2D eigenvalue weighted by atomic mass is 10.1. The second-order valence-electron chi connectivity index (χ2n) is 3.10. The molecule has 0 aliphatic carbocycles. The first-order valence-electron chi connectivity index (χ1n) is 4.38. The van der Waals surface area contributed by atoms with Crippen molar-refractivity contribution in [2.24, 2.45) is 0 Å². The van der Waals surface area contributed by atoms with Gasteiger partial charge in [0.05, 0.1) is 0 Å². The third kappa shape index (κ3) is 2.32. The third-order valence-electron chi connectivity index (χ3n) is 2.10. The molecule has 0 nitrogen and oxygen atoms in total. The van der Waals surface area contributed by atoms with Crippen LogP contribution >= 0.6 is 34.2 Å². The van der Waals surface area contributed by atoms with Crippen LogP contribution in [0.3, 0.4) is 0 Å². The number of benzene rings is 2. The summed E-state index contributed by atoms with van der Waals surface area (Å²) >= 11 is 7.89. The Hall–Kier alpha value is -0.610. The molecule has 0 heterocycles. The van der Waals surface area contributed by atoms with E-state index >= 15 is 0 Å². The van der Waals surface area contributed by atoms with E-state index in [1.807, 2.05) is 24.3 Å². The van der Waals surface area contributed by atoms with Gasteiger partial charge in [-0.05, 0) is 52.4 Å². The zero-order valence-corrected chi connectivity index (χ0v) is 10.6. The van der Waals surface area contributed by atoms with Crippen LogP contribution in [0.25, 0.3) is 11.1 Å². The molecule has 0 bridgehead atoms. The molecule has 0 atom stereocenters. The molecule has 0 saturated heterocycles. The Balaban J connectivity index is 2.60. The highest BCUT2D eigenvalue weighted by Crippen LogP contribution is 2.28. The molecular weight excluding hydrogens is 325 g/mol. The van der Waals surface area contributed by atoms with E-state index in [0.717, 1.165) is 9.13 Å². The predicted octanol–water partition coefficient (Wildman–Crippen LogP) is 4.75. The summed E-state index contributed by atoms with van der Waals surface area (Å²) in [4.78, 5) is 0. The third-order valence-corrected chi connectivity index (χ3v) is 3.27. The first-order chi connectivity index (χ1) is 7.18. The fourth-order valence-corrected chi connectivity index (χ4v) is 2.22. The molecule has 2 aromatic rings. The van der Waals surface area contributed by atoms with Gasteiger partial charge in [0, 0.05) is 14.2 Å². The summed E-state index contributed by atoms with van der Waals surface area (Å²) in [5.41, 5.74) is 1.48. The van der Waals surface area contributed by atoms with Crippen molar-refractivity contribution >= 4 is 34.2 Å². The van der Waals surface area contributed by atoms with Gasteiger partial charge in [-0.1, -0.05) is 29.8 Å². The van der Waals surface area contributed by atoms with Gasteiger partial charge in [0.25, 0.3) is 0 Å². The molecule has 0 saturated carbocycles. The van der Waals surface area contributed by atoms with Crippen LogP contribution in [0.15, 0.2) is 42.5 Å². The molecule has 0 radical (unpaired) electrons. The van der Waals surface area contributed by atoms with Gasteiger partial charge in [0.1, 0.15) is 5.82 Å². The van der Waals surface area contributed by atoms with Crippen LogP contribution in [0.5, 0.6) is 0 Å². The van der Waals surface area contributed by atoms with Gasteiger partial charge in [-0.2, -0.15) is 0 Å². The first-order valence-corrected chi connectivity index (χ1v) is 5.84. The minimum Gasteiger partial charge on any atom is -0.206 e. The van der Waals surface area contributed by atoms with Crippen molar-refractivity contribution in [3.8, 4) is 11.1 Å². The van der Waals surface area contributed by atoms with Crippen molar-refractivity contribution in [3.05, 3.63) is 56.9 Å². The molecule has 0 aliphatic rings. The smallest absolute Gasteiger partial charge is 0.132 e. The molecule has 15 heavy (non-hydrogen) atoms. The molecule has 0 amide bonds. The zero-order valence-electron chi connectivity index (χ0n) is 7.68. The van der Waals surface area contributed by atoms with Crippen LogP contribution in [-0.2, 0) is 0 Å². The fraction of sp³-hybridized carbons (Fsp3) is 0. The Morgan fingerprint density at radius 3 is 2.40 bits per heavy atom. The average Bonchev–Trinajstić information content (AvgIpc) is 2.20. The summed E-state index contributed by atoms with van der Waals surface area (Å²) in [5.74, 6) is -0.286. The molecule has 0 aromatic heterocycles. The van der Waals surface area contributed by atoms with Crippen LogP contribution in [-0.4, -0.2) is 0 Å². The molecule has 0 unspecified atom stereocenters. The van der Waals surface area contributed by atoms with Gasteiger partial charge in [0.2, 0.25) is 0 Å². The standard InChI is InChI=1S/C12H7ClFI/c13-8-5-6-9(11(14)7-8)10-3-1-2-4-12(10)15/h1-7H. The van der Waals surface area contributed by atoms with Gasteiger partial charge in [-0.25, -0.2) is 4.39 Å². The van der Waals surface area contributed by atoms with Crippen molar-refractivity contribution in [3.63, 3.8) is 0 Å². The van der Waals surface area contributed by atoms with E-state index in [1.165, 1.54) is 6.07 Å². The Bertz CT molecular complexity index is 497. The van der Waals surface area contributed by atoms with E-state index in [4.69, 9.17) is 11.6 Å². The average molecular weight is 333 g/mol. The molecule has 76 valence electrons. The number of hydrogen-bond acceptors (Lipinski definition) is 0. The van der Waals surface area contributed by atoms with Gasteiger partial charge in [0.15, 0.2) is 0 Å². The fourth-order valence-electron chi connectivity index (χ4n) is 1.39. The molecule has 0 aliphatic heterocycles. The second-order valence-corrected chi connectivity index (χ2v) is 4.70. The predicted molar refractivity (Wildman–Crippen MR) is 69.6 cm³/mol. The lowest BCUT2D eigenvalue weighted by Crippen LogP contribution is -1.86. The van der Waals surface area contributed by atoms with E-state index in [0.29, 0.717) is 10.6 Å². The SMILES string of the molecule is Fc1cc(Cl)ccc1-c1ccccc1I. The van der Waals surface area contributed by atoms with Crippen molar-refractivity contribution in [2.45, 2.75) is 0 Å². The second kappa shape index (κ2) is 4.49. The molecule has 2 rings (SSSR count). The Kier molecular flexibility index (Phi) is 3.26. The van der Waals surface area contributed by atoms with Crippen molar-refractivity contribution in [2.75, 3.05) is 0 Å². The highest BCUT2D eigenvalue weighted by atomic mass is 127. The molecule has 0 fully saturated rings. The summed E-state index contributed by atoms with van der Waals surface area (Å²) in [6, 6.07) is 12.4. The Morgan fingerprint density at radius 2 is 1.73 bits per heavy atom. The maximum atomic E-state index is 13.6. The number of hydrogen-bond donors (Lipinski definition) is 0. The van der Waals surface area contributed by atoms with E-state index in [2.05, 4.69) is 22.6 Å². The monoisotopic (exact) mass is 332 g/mol.